The van der Waals surface area contributed by atoms with Crippen molar-refractivity contribution in [2.24, 2.45) is 4.99 Å². The van der Waals surface area contributed by atoms with Gasteiger partial charge in [0.1, 0.15) is 0 Å². The van der Waals surface area contributed by atoms with Gasteiger partial charge in [0.15, 0.2) is 4.80 Å². The summed E-state index contributed by atoms with van der Waals surface area (Å²) in [6, 6.07) is 19.0. The zero-order valence-corrected chi connectivity index (χ0v) is 24.7. The summed E-state index contributed by atoms with van der Waals surface area (Å²) in [5.41, 5.74) is 0.0742. The SMILES string of the molecule is CCOP(=O)(O)C(F)(F)c1ccc(Cn2c(-c3ccccc3)csc2=NC(=O)c2ccc(C)c(C)c2)cc1Br. The first-order chi connectivity index (χ1) is 18.4. The van der Waals surface area contributed by atoms with Crippen LogP contribution in [0, 0.1) is 13.8 Å². The minimum atomic E-state index is -5.24. The first-order valence-electron chi connectivity index (χ1n) is 12.0. The number of hydrogen-bond donors (Lipinski definition) is 1. The van der Waals surface area contributed by atoms with E-state index in [4.69, 9.17) is 0 Å². The summed E-state index contributed by atoms with van der Waals surface area (Å²) in [4.78, 5) is 27.7. The van der Waals surface area contributed by atoms with Crippen LogP contribution in [0.1, 0.15) is 39.5 Å². The maximum Gasteiger partial charge on any atom is 0.401 e. The molecule has 1 N–H and O–H groups in total. The smallest absolute Gasteiger partial charge is 0.320 e. The molecule has 6 nitrogen and oxygen atoms in total. The van der Waals surface area contributed by atoms with Gasteiger partial charge in [0, 0.05) is 21.0 Å². The van der Waals surface area contributed by atoms with Gasteiger partial charge in [-0.25, -0.2) is 0 Å². The van der Waals surface area contributed by atoms with E-state index in [9.17, 15) is 23.0 Å². The van der Waals surface area contributed by atoms with Gasteiger partial charge in [-0.05, 0) is 61.2 Å². The van der Waals surface area contributed by atoms with Crippen molar-refractivity contribution < 1.29 is 27.6 Å². The van der Waals surface area contributed by atoms with Crippen molar-refractivity contribution in [3.05, 3.63) is 109 Å². The monoisotopic (exact) mass is 634 g/mol. The molecule has 0 aliphatic heterocycles. The lowest BCUT2D eigenvalue weighted by Gasteiger charge is -2.23. The predicted molar refractivity (Wildman–Crippen MR) is 152 cm³/mol. The van der Waals surface area contributed by atoms with Crippen LogP contribution >= 0.6 is 34.9 Å². The Morgan fingerprint density at radius 2 is 1.82 bits per heavy atom. The Hall–Kier alpha value is -2.75. The Morgan fingerprint density at radius 1 is 1.10 bits per heavy atom. The van der Waals surface area contributed by atoms with Gasteiger partial charge in [-0.3, -0.25) is 9.36 Å². The maximum absolute atomic E-state index is 14.9. The van der Waals surface area contributed by atoms with Crippen molar-refractivity contribution in [3.63, 3.8) is 0 Å². The van der Waals surface area contributed by atoms with E-state index in [1.54, 1.807) is 12.1 Å². The summed E-state index contributed by atoms with van der Waals surface area (Å²) in [5, 5.41) is 1.89. The number of hydrogen-bond acceptors (Lipinski definition) is 4. The molecule has 0 radical (unpaired) electrons. The molecule has 204 valence electrons. The molecule has 0 saturated carbocycles. The van der Waals surface area contributed by atoms with E-state index in [1.165, 1.54) is 30.4 Å². The molecule has 39 heavy (non-hydrogen) atoms. The maximum atomic E-state index is 14.9. The number of rotatable bonds is 8. The minimum Gasteiger partial charge on any atom is -0.320 e. The quantitative estimate of drug-likeness (QED) is 0.202. The summed E-state index contributed by atoms with van der Waals surface area (Å²) in [5.74, 6) is -0.390. The van der Waals surface area contributed by atoms with E-state index in [2.05, 4.69) is 25.4 Å². The fourth-order valence-corrected chi connectivity index (χ4v) is 6.67. The van der Waals surface area contributed by atoms with Crippen LogP contribution in [-0.4, -0.2) is 22.0 Å². The molecule has 4 aromatic rings. The van der Waals surface area contributed by atoms with Gasteiger partial charge < -0.3 is 14.0 Å². The fourth-order valence-electron chi connectivity index (χ4n) is 3.93. The van der Waals surface area contributed by atoms with Crippen LogP contribution in [0.25, 0.3) is 11.3 Å². The van der Waals surface area contributed by atoms with Crippen molar-refractivity contribution in [1.29, 1.82) is 0 Å². The summed E-state index contributed by atoms with van der Waals surface area (Å²) in [6.07, 6.45) is 0. The molecule has 0 aliphatic carbocycles. The van der Waals surface area contributed by atoms with Gasteiger partial charge in [0.05, 0.1) is 18.8 Å². The van der Waals surface area contributed by atoms with Gasteiger partial charge in [0.2, 0.25) is 0 Å². The molecule has 1 aromatic heterocycles. The Balaban J connectivity index is 1.77. The van der Waals surface area contributed by atoms with E-state index >= 15 is 0 Å². The third-order valence-corrected chi connectivity index (χ3v) is 9.25. The lowest BCUT2D eigenvalue weighted by Crippen LogP contribution is -2.20. The highest BCUT2D eigenvalue weighted by Crippen LogP contribution is 2.64. The van der Waals surface area contributed by atoms with Crippen LogP contribution in [0.5, 0.6) is 0 Å². The molecule has 0 saturated heterocycles. The van der Waals surface area contributed by atoms with E-state index in [0.29, 0.717) is 15.9 Å². The molecule has 0 bridgehead atoms. The van der Waals surface area contributed by atoms with Crippen LogP contribution in [0.2, 0.25) is 0 Å². The minimum absolute atomic E-state index is 0.0410. The van der Waals surface area contributed by atoms with Gasteiger partial charge in [-0.15, -0.1) is 11.3 Å². The summed E-state index contributed by atoms with van der Waals surface area (Å²) >= 11 is 4.44. The number of aryl methyl sites for hydroxylation is 2. The number of benzene rings is 3. The lowest BCUT2D eigenvalue weighted by molar-refractivity contribution is 0.0459. The molecule has 11 heteroatoms. The molecule has 0 fully saturated rings. The predicted octanol–water partition coefficient (Wildman–Crippen LogP) is 7.66. The second-order valence-electron chi connectivity index (χ2n) is 8.87. The second-order valence-corrected chi connectivity index (χ2v) is 12.4. The zero-order chi connectivity index (χ0) is 28.4. The van der Waals surface area contributed by atoms with Crippen LogP contribution < -0.4 is 4.80 Å². The normalized spacial score (nSPS) is 13.9. The van der Waals surface area contributed by atoms with Crippen LogP contribution in [-0.2, 0) is 21.3 Å². The zero-order valence-electron chi connectivity index (χ0n) is 21.4. The summed E-state index contributed by atoms with van der Waals surface area (Å²) in [6.45, 7) is 5.14. The molecule has 0 aliphatic rings. The molecule has 1 heterocycles. The summed E-state index contributed by atoms with van der Waals surface area (Å²) in [7, 11) is -5.24. The molecule has 3 aromatic carbocycles. The van der Waals surface area contributed by atoms with Crippen molar-refractivity contribution >= 4 is 40.8 Å². The third-order valence-electron chi connectivity index (χ3n) is 6.18. The first kappa shape index (κ1) is 29.2. The topological polar surface area (TPSA) is 80.9 Å². The van der Waals surface area contributed by atoms with Crippen molar-refractivity contribution in [2.75, 3.05) is 6.61 Å². The average molecular weight is 635 g/mol. The van der Waals surface area contributed by atoms with Crippen LogP contribution in [0.3, 0.4) is 0 Å². The second kappa shape index (κ2) is 11.8. The van der Waals surface area contributed by atoms with E-state index < -0.39 is 18.8 Å². The van der Waals surface area contributed by atoms with Gasteiger partial charge >= 0.3 is 13.3 Å². The molecule has 1 amide bonds. The Bertz CT molecular complexity index is 1640. The van der Waals surface area contributed by atoms with Crippen LogP contribution in [0.4, 0.5) is 8.78 Å². The highest BCUT2D eigenvalue weighted by molar-refractivity contribution is 9.10. The number of amides is 1. The Labute approximate surface area is 237 Å². The molecular formula is C28H26BrF2N2O4PS. The number of carbonyl (C=O) groups is 1. The fraction of sp³-hybridized carbons (Fsp3) is 0.214. The standard InChI is InChI=1S/C28H26BrF2N2O4PS/c1-4-37-38(35,36)28(30,31)23-13-11-20(15-24(23)29)16-33-25(21-8-6-5-7-9-21)17-39-27(33)32-26(34)22-12-10-18(2)19(3)14-22/h5-15,17H,4,16H2,1-3H3,(H,35,36). The third kappa shape index (κ3) is 6.21. The van der Waals surface area contributed by atoms with E-state index in [-0.39, 0.29) is 23.5 Å². The van der Waals surface area contributed by atoms with Gasteiger partial charge in [-0.1, -0.05) is 64.5 Å². The van der Waals surface area contributed by atoms with Crippen molar-refractivity contribution in [2.45, 2.75) is 33.0 Å². The number of aromatic nitrogens is 1. The highest BCUT2D eigenvalue weighted by atomic mass is 79.9. The van der Waals surface area contributed by atoms with Gasteiger partial charge in [-0.2, -0.15) is 13.8 Å². The number of halogens is 3. The summed E-state index contributed by atoms with van der Waals surface area (Å²) < 4.78 is 48.2. The molecule has 4 rings (SSSR count). The van der Waals surface area contributed by atoms with E-state index in [0.717, 1.165) is 28.5 Å². The number of carbonyl (C=O) groups excluding carboxylic acids is 1. The molecule has 1 atom stereocenters. The van der Waals surface area contributed by atoms with E-state index in [1.807, 2.05) is 60.2 Å². The molecule has 1 unspecified atom stereocenters. The van der Waals surface area contributed by atoms with Crippen LogP contribution in [0.15, 0.2) is 81.6 Å². The lowest BCUT2D eigenvalue weighted by atomic mass is 10.1. The van der Waals surface area contributed by atoms with Gasteiger partial charge in [0.25, 0.3) is 5.91 Å². The van der Waals surface area contributed by atoms with Crippen molar-refractivity contribution in [1.82, 2.24) is 4.57 Å². The first-order valence-corrected chi connectivity index (χ1v) is 15.2. The molecule has 0 spiro atoms. The Kier molecular flexibility index (Phi) is 8.83. The van der Waals surface area contributed by atoms with Crippen molar-refractivity contribution in [3.8, 4) is 11.3 Å². The number of alkyl halides is 2. The average Bonchev–Trinajstić information content (AvgIpc) is 3.27. The largest absolute Gasteiger partial charge is 0.401 e. The number of nitrogens with zero attached hydrogens (tertiary/aromatic N) is 2. The number of thiazole rings is 1. The molecular weight excluding hydrogens is 609 g/mol. The Morgan fingerprint density at radius 3 is 2.46 bits per heavy atom. The highest BCUT2D eigenvalue weighted by Gasteiger charge is 2.53.